The number of nitrogens with one attached hydrogen (secondary N) is 1. The van der Waals surface area contributed by atoms with Crippen LogP contribution in [0.3, 0.4) is 0 Å². The third kappa shape index (κ3) is 3.99. The van der Waals surface area contributed by atoms with Gasteiger partial charge in [-0.25, -0.2) is 0 Å². The molecule has 0 spiro atoms. The van der Waals surface area contributed by atoms with Gasteiger partial charge >= 0.3 is 0 Å². The fraction of sp³-hybridized carbons (Fsp3) is 0.611. The molecule has 0 aliphatic carbocycles. The summed E-state index contributed by atoms with van der Waals surface area (Å²) < 4.78 is 0. The van der Waals surface area contributed by atoms with Crippen LogP contribution in [0, 0.1) is 13.8 Å². The van der Waals surface area contributed by atoms with Crippen LogP contribution in [0.5, 0.6) is 0 Å². The highest BCUT2D eigenvalue weighted by atomic mass is 16.2. The van der Waals surface area contributed by atoms with Gasteiger partial charge in [0.15, 0.2) is 0 Å². The number of hydrogen-bond acceptors (Lipinski definition) is 2. The first-order valence-corrected chi connectivity index (χ1v) is 8.16. The van der Waals surface area contributed by atoms with Crippen molar-refractivity contribution in [3.63, 3.8) is 0 Å². The smallest absolute Gasteiger partial charge is 0.245 e. The predicted octanol–water partition coefficient (Wildman–Crippen LogP) is 3.89. The first-order chi connectivity index (χ1) is 10.0. The highest BCUT2D eigenvalue weighted by molar-refractivity contribution is 5.84. The van der Waals surface area contributed by atoms with Crippen LogP contribution in [-0.4, -0.2) is 29.4 Å². The zero-order chi connectivity index (χ0) is 15.4. The fourth-order valence-corrected chi connectivity index (χ4v) is 3.33. The Morgan fingerprint density at radius 3 is 2.57 bits per heavy atom. The Morgan fingerprint density at radius 1 is 1.29 bits per heavy atom. The van der Waals surface area contributed by atoms with Crippen molar-refractivity contribution in [3.8, 4) is 0 Å². The van der Waals surface area contributed by atoms with E-state index in [2.05, 4.69) is 49.2 Å². The number of hydrogen-bond donors (Lipinski definition) is 1. The van der Waals surface area contributed by atoms with Crippen molar-refractivity contribution in [1.82, 2.24) is 4.90 Å². The summed E-state index contributed by atoms with van der Waals surface area (Å²) >= 11 is 0. The van der Waals surface area contributed by atoms with Crippen LogP contribution in [0.1, 0.15) is 50.7 Å². The lowest BCUT2D eigenvalue weighted by Crippen LogP contribution is -2.49. The molecule has 0 saturated carbocycles. The summed E-state index contributed by atoms with van der Waals surface area (Å²) in [5.41, 5.74) is 3.49. The van der Waals surface area contributed by atoms with E-state index in [9.17, 15) is 4.79 Å². The van der Waals surface area contributed by atoms with E-state index in [1.54, 1.807) is 0 Å². The fourth-order valence-electron chi connectivity index (χ4n) is 3.33. The van der Waals surface area contributed by atoms with Crippen molar-refractivity contribution in [2.24, 2.45) is 0 Å². The summed E-state index contributed by atoms with van der Waals surface area (Å²) in [4.78, 5) is 14.8. The SMILES string of the molecule is CCC1CCCCN1C(=O)C(C)Nc1cc(C)cc(C)c1. The second kappa shape index (κ2) is 6.97. The van der Waals surface area contributed by atoms with Crippen molar-refractivity contribution in [3.05, 3.63) is 29.3 Å². The molecule has 0 radical (unpaired) electrons. The van der Waals surface area contributed by atoms with Gasteiger partial charge in [0.2, 0.25) is 5.91 Å². The van der Waals surface area contributed by atoms with Gasteiger partial charge in [-0.2, -0.15) is 0 Å². The predicted molar refractivity (Wildman–Crippen MR) is 88.6 cm³/mol. The highest BCUT2D eigenvalue weighted by Crippen LogP contribution is 2.21. The van der Waals surface area contributed by atoms with E-state index >= 15 is 0 Å². The number of carbonyl (C=O) groups excluding carboxylic acids is 1. The molecule has 1 fully saturated rings. The van der Waals surface area contributed by atoms with Gasteiger partial charge in [-0.1, -0.05) is 13.0 Å². The van der Waals surface area contributed by atoms with Gasteiger partial charge in [0, 0.05) is 18.3 Å². The third-order valence-corrected chi connectivity index (χ3v) is 4.36. The largest absolute Gasteiger partial charge is 0.374 e. The zero-order valence-corrected chi connectivity index (χ0v) is 13.8. The number of carbonyl (C=O) groups is 1. The average Bonchev–Trinajstić information content (AvgIpc) is 2.45. The molecule has 2 unspecified atom stereocenters. The van der Waals surface area contributed by atoms with E-state index in [0.717, 1.165) is 31.5 Å². The van der Waals surface area contributed by atoms with Crippen LogP contribution in [0.2, 0.25) is 0 Å². The molecule has 3 nitrogen and oxygen atoms in total. The Hall–Kier alpha value is -1.51. The summed E-state index contributed by atoms with van der Waals surface area (Å²) in [6.45, 7) is 9.24. The molecule has 21 heavy (non-hydrogen) atoms. The number of amides is 1. The molecular weight excluding hydrogens is 260 g/mol. The Kier molecular flexibility index (Phi) is 5.27. The Balaban J connectivity index is 2.04. The normalized spacial score (nSPS) is 20.2. The van der Waals surface area contributed by atoms with Crippen LogP contribution in [-0.2, 0) is 4.79 Å². The van der Waals surface area contributed by atoms with Crippen LogP contribution in [0.4, 0.5) is 5.69 Å². The van der Waals surface area contributed by atoms with Gasteiger partial charge in [0.05, 0.1) is 0 Å². The van der Waals surface area contributed by atoms with Crippen molar-refractivity contribution >= 4 is 11.6 Å². The van der Waals surface area contributed by atoms with Crippen LogP contribution in [0.25, 0.3) is 0 Å². The lowest BCUT2D eigenvalue weighted by molar-refractivity contribution is -0.135. The molecule has 1 aliphatic rings. The monoisotopic (exact) mass is 288 g/mol. The molecule has 3 heteroatoms. The molecule has 0 aromatic heterocycles. The quantitative estimate of drug-likeness (QED) is 0.911. The number of rotatable bonds is 4. The van der Waals surface area contributed by atoms with E-state index in [4.69, 9.17) is 0 Å². The topological polar surface area (TPSA) is 32.3 Å². The number of aryl methyl sites for hydroxylation is 2. The van der Waals surface area contributed by atoms with Gasteiger partial charge in [0.25, 0.3) is 0 Å². The Labute approximate surface area is 128 Å². The summed E-state index contributed by atoms with van der Waals surface area (Å²) in [7, 11) is 0. The first-order valence-electron chi connectivity index (χ1n) is 8.16. The van der Waals surface area contributed by atoms with Crippen molar-refractivity contribution in [2.75, 3.05) is 11.9 Å². The van der Waals surface area contributed by atoms with Gasteiger partial charge in [-0.05, 0) is 69.7 Å². The number of anilines is 1. The maximum absolute atomic E-state index is 12.7. The first kappa shape index (κ1) is 15.9. The van der Waals surface area contributed by atoms with Gasteiger partial charge in [-0.3, -0.25) is 4.79 Å². The Morgan fingerprint density at radius 2 is 1.95 bits per heavy atom. The van der Waals surface area contributed by atoms with Gasteiger partial charge in [-0.15, -0.1) is 0 Å². The molecule has 116 valence electrons. The second-order valence-corrected chi connectivity index (χ2v) is 6.33. The van der Waals surface area contributed by atoms with E-state index in [1.807, 2.05) is 6.92 Å². The minimum Gasteiger partial charge on any atom is -0.374 e. The van der Waals surface area contributed by atoms with Crippen LogP contribution in [0.15, 0.2) is 18.2 Å². The maximum Gasteiger partial charge on any atom is 0.245 e. The second-order valence-electron chi connectivity index (χ2n) is 6.33. The van der Waals surface area contributed by atoms with Gasteiger partial charge < -0.3 is 10.2 Å². The number of nitrogens with zero attached hydrogens (tertiary/aromatic N) is 1. The lowest BCUT2D eigenvalue weighted by atomic mass is 9.99. The van der Waals surface area contributed by atoms with Crippen LogP contribution < -0.4 is 5.32 Å². The third-order valence-electron chi connectivity index (χ3n) is 4.36. The van der Waals surface area contributed by atoms with E-state index in [-0.39, 0.29) is 11.9 Å². The lowest BCUT2D eigenvalue weighted by Gasteiger charge is -2.37. The summed E-state index contributed by atoms with van der Waals surface area (Å²) in [5, 5.41) is 3.37. The average molecular weight is 288 g/mol. The van der Waals surface area contributed by atoms with Gasteiger partial charge in [0.1, 0.15) is 6.04 Å². The standard InChI is InChI=1S/C18H28N2O/c1-5-17-8-6-7-9-20(17)18(21)15(4)19-16-11-13(2)10-14(3)12-16/h10-12,15,17,19H,5-9H2,1-4H3. The summed E-state index contributed by atoms with van der Waals surface area (Å²) in [6, 6.07) is 6.61. The van der Waals surface area contributed by atoms with E-state index < -0.39 is 0 Å². The van der Waals surface area contributed by atoms with E-state index in [1.165, 1.54) is 17.5 Å². The minimum absolute atomic E-state index is 0.168. The highest BCUT2D eigenvalue weighted by Gasteiger charge is 2.28. The molecule has 1 aromatic carbocycles. The Bertz CT molecular complexity index is 478. The summed E-state index contributed by atoms with van der Waals surface area (Å²) in [5.74, 6) is 0.237. The van der Waals surface area contributed by atoms with E-state index in [0.29, 0.717) is 6.04 Å². The van der Waals surface area contributed by atoms with Crippen molar-refractivity contribution in [1.29, 1.82) is 0 Å². The van der Waals surface area contributed by atoms with Crippen LogP contribution >= 0.6 is 0 Å². The molecule has 2 atom stereocenters. The van der Waals surface area contributed by atoms with Crippen molar-refractivity contribution in [2.45, 2.75) is 65.5 Å². The number of piperidine rings is 1. The molecule has 0 bridgehead atoms. The summed E-state index contributed by atoms with van der Waals surface area (Å²) in [6.07, 6.45) is 4.60. The molecule has 1 saturated heterocycles. The molecule has 1 heterocycles. The molecule has 2 rings (SSSR count). The number of likely N-dealkylation sites (tertiary alicyclic amines) is 1. The molecule has 1 N–H and O–H groups in total. The molecular formula is C18H28N2O. The molecule has 1 amide bonds. The number of benzene rings is 1. The minimum atomic E-state index is -0.168. The maximum atomic E-state index is 12.7. The zero-order valence-electron chi connectivity index (χ0n) is 13.8. The molecule has 1 aliphatic heterocycles. The molecule has 1 aromatic rings. The van der Waals surface area contributed by atoms with Crippen molar-refractivity contribution < 1.29 is 4.79 Å².